The zero-order chi connectivity index (χ0) is 49.2. The number of para-hydroxylation sites is 5. The predicted octanol–water partition coefficient (Wildman–Crippen LogP) is 19.1. The number of anilines is 8. The Morgan fingerprint density at radius 2 is 0.811 bits per heavy atom. The van der Waals surface area contributed by atoms with Crippen molar-refractivity contribution in [2.75, 3.05) is 14.7 Å². The molecule has 74 heavy (non-hydrogen) atoms. The molecule has 0 saturated carbocycles. The van der Waals surface area contributed by atoms with Gasteiger partial charge in [0.1, 0.15) is 0 Å². The maximum atomic E-state index is 2.48. The van der Waals surface area contributed by atoms with Gasteiger partial charge in [0.25, 0.3) is 0 Å². The number of fused-ring (bicyclic) bond motifs is 9. The SMILES string of the molecule is CC12Sc3cc(N(c4ccccc4)c4ccc5c6ccc(N(c7ccccc7)c7ccc8ccccc8c7)cc6n(-c6ccccc6)c5c4)ccc3C1c1ccccc1C=C2N(c1ccccc1)c1ccccc1. The highest BCUT2D eigenvalue weighted by Gasteiger charge is 2.51. The number of rotatable bonds is 10. The Kier molecular flexibility index (Phi) is 10.6. The van der Waals surface area contributed by atoms with Gasteiger partial charge < -0.3 is 19.3 Å². The highest BCUT2D eigenvalue weighted by molar-refractivity contribution is 8.01. The van der Waals surface area contributed by atoms with Gasteiger partial charge >= 0.3 is 0 Å². The summed E-state index contributed by atoms with van der Waals surface area (Å²) in [5, 5.41) is 4.83. The molecule has 0 bridgehead atoms. The monoisotopic (exact) mass is 966 g/mol. The summed E-state index contributed by atoms with van der Waals surface area (Å²) < 4.78 is 2.13. The lowest BCUT2D eigenvalue weighted by Crippen LogP contribution is -2.39. The summed E-state index contributed by atoms with van der Waals surface area (Å²) in [7, 11) is 0. The molecule has 2 heterocycles. The van der Waals surface area contributed by atoms with Gasteiger partial charge in [0, 0.05) is 78.5 Å². The van der Waals surface area contributed by atoms with Crippen molar-refractivity contribution in [3.63, 3.8) is 0 Å². The van der Waals surface area contributed by atoms with Crippen LogP contribution in [0.1, 0.15) is 29.5 Å². The first kappa shape index (κ1) is 43.7. The van der Waals surface area contributed by atoms with Gasteiger partial charge in [-0.1, -0.05) is 164 Å². The molecule has 0 spiro atoms. The van der Waals surface area contributed by atoms with E-state index in [-0.39, 0.29) is 10.7 Å². The lowest BCUT2D eigenvalue weighted by molar-refractivity contribution is 0.637. The van der Waals surface area contributed by atoms with E-state index in [0.29, 0.717) is 0 Å². The van der Waals surface area contributed by atoms with Crippen LogP contribution in [0.5, 0.6) is 0 Å². The first-order valence-corrected chi connectivity index (χ1v) is 26.3. The molecular weight excluding hydrogens is 917 g/mol. The molecule has 2 unspecified atom stereocenters. The summed E-state index contributed by atoms with van der Waals surface area (Å²) in [6.45, 7) is 2.46. The molecular formula is C69H50N4S. The molecule has 0 fully saturated rings. The quantitative estimate of drug-likeness (QED) is 0.136. The Bertz CT molecular complexity index is 4040. The van der Waals surface area contributed by atoms with E-state index in [0.717, 1.165) is 62.2 Å². The summed E-state index contributed by atoms with van der Waals surface area (Å²) in [5.41, 5.74) is 17.6. The minimum absolute atomic E-state index is 0.134. The minimum Gasteiger partial charge on any atom is -0.313 e. The second-order valence-electron chi connectivity index (χ2n) is 19.5. The zero-order valence-corrected chi connectivity index (χ0v) is 41.6. The predicted molar refractivity (Wildman–Crippen MR) is 313 cm³/mol. The van der Waals surface area contributed by atoms with Crippen LogP contribution >= 0.6 is 11.8 Å². The standard InChI is InChI=1S/C69H50N4S/c1-69-67(72(53-28-11-4-12-29-53)54-30-13-5-14-31-54)44-50-23-19-20-34-60(50)68(69)63-42-39-59(47-66(63)74-69)71(52-26-9-3-10-27-52)58-38-41-62-61-40-37-57(45-64(61)73(65(62)46-58)55-32-15-6-16-33-55)70(51-24-7-2-8-25-51)56-36-35-48-21-17-18-22-49(48)43-56/h2-47,68H,1H3. The Morgan fingerprint density at radius 1 is 0.365 bits per heavy atom. The number of benzene rings is 11. The molecule has 11 aromatic carbocycles. The second kappa shape index (κ2) is 17.9. The van der Waals surface area contributed by atoms with Crippen molar-refractivity contribution in [2.45, 2.75) is 22.5 Å². The van der Waals surface area contributed by atoms with E-state index < -0.39 is 0 Å². The van der Waals surface area contributed by atoms with E-state index in [1.165, 1.54) is 48.8 Å². The Hall–Kier alpha value is -9.03. The molecule has 1 aliphatic heterocycles. The van der Waals surface area contributed by atoms with E-state index >= 15 is 0 Å². The van der Waals surface area contributed by atoms with Crippen LogP contribution < -0.4 is 14.7 Å². The molecule has 5 heteroatoms. The van der Waals surface area contributed by atoms with Gasteiger partial charge in [-0.25, -0.2) is 0 Å². The van der Waals surface area contributed by atoms with Gasteiger partial charge in [0.05, 0.1) is 15.8 Å². The molecule has 0 saturated heterocycles. The number of hydrogen-bond acceptors (Lipinski definition) is 4. The second-order valence-corrected chi connectivity index (χ2v) is 21.0. The van der Waals surface area contributed by atoms with Gasteiger partial charge in [-0.05, 0) is 150 Å². The molecule has 2 atom stereocenters. The molecule has 14 rings (SSSR count). The first-order chi connectivity index (χ1) is 36.6. The number of hydrogen-bond donors (Lipinski definition) is 0. The van der Waals surface area contributed by atoms with Gasteiger partial charge in [0.15, 0.2) is 0 Å². The average molecular weight is 967 g/mol. The van der Waals surface area contributed by atoms with Crippen LogP contribution in [0.3, 0.4) is 0 Å². The van der Waals surface area contributed by atoms with E-state index in [1.807, 2.05) is 11.8 Å². The summed E-state index contributed by atoms with van der Waals surface area (Å²) in [5.74, 6) is 0.134. The number of thioether (sulfide) groups is 1. The minimum atomic E-state index is -0.322. The Morgan fingerprint density at radius 3 is 1.39 bits per heavy atom. The Balaban J connectivity index is 0.921. The highest BCUT2D eigenvalue weighted by Crippen LogP contribution is 2.64. The number of nitrogens with zero attached hydrogens (tertiary/aromatic N) is 4. The van der Waals surface area contributed by atoms with Gasteiger partial charge in [-0.15, -0.1) is 11.8 Å². The molecule has 1 aromatic heterocycles. The summed E-state index contributed by atoms with van der Waals surface area (Å²) >= 11 is 1.99. The fraction of sp³-hybridized carbons (Fsp3) is 0.0435. The molecule has 4 nitrogen and oxygen atoms in total. The molecule has 1 aliphatic carbocycles. The van der Waals surface area contributed by atoms with Crippen molar-refractivity contribution in [2.24, 2.45) is 0 Å². The van der Waals surface area contributed by atoms with E-state index in [2.05, 4.69) is 305 Å². The fourth-order valence-electron chi connectivity index (χ4n) is 11.8. The maximum absolute atomic E-state index is 2.48. The van der Waals surface area contributed by atoms with Crippen molar-refractivity contribution in [1.29, 1.82) is 0 Å². The third-order valence-electron chi connectivity index (χ3n) is 15.1. The van der Waals surface area contributed by atoms with Gasteiger partial charge in [-0.3, -0.25) is 0 Å². The highest BCUT2D eigenvalue weighted by atomic mass is 32.2. The lowest BCUT2D eigenvalue weighted by atomic mass is 9.73. The van der Waals surface area contributed by atoms with E-state index in [4.69, 9.17) is 0 Å². The van der Waals surface area contributed by atoms with Crippen molar-refractivity contribution in [1.82, 2.24) is 4.57 Å². The van der Waals surface area contributed by atoms with Crippen molar-refractivity contribution in [3.8, 4) is 5.69 Å². The summed E-state index contributed by atoms with van der Waals surface area (Å²) in [4.78, 5) is 8.58. The van der Waals surface area contributed by atoms with Crippen molar-refractivity contribution >= 4 is 95.9 Å². The van der Waals surface area contributed by atoms with Crippen molar-refractivity contribution < 1.29 is 0 Å². The lowest BCUT2D eigenvalue weighted by Gasteiger charge is -2.43. The number of aromatic nitrogens is 1. The first-order valence-electron chi connectivity index (χ1n) is 25.4. The van der Waals surface area contributed by atoms with Crippen LogP contribution in [0.15, 0.2) is 284 Å². The Labute approximate surface area is 436 Å². The third-order valence-corrected chi connectivity index (χ3v) is 16.5. The third kappa shape index (κ3) is 7.30. The van der Waals surface area contributed by atoms with E-state index in [9.17, 15) is 0 Å². The van der Waals surface area contributed by atoms with E-state index in [1.54, 1.807) is 0 Å². The summed E-state index contributed by atoms with van der Waals surface area (Å²) in [6, 6.07) is 99.6. The smallest absolute Gasteiger partial charge is 0.0692 e. The molecule has 352 valence electrons. The zero-order valence-electron chi connectivity index (χ0n) is 40.8. The van der Waals surface area contributed by atoms with Crippen LogP contribution in [0.25, 0.3) is 44.3 Å². The van der Waals surface area contributed by atoms with Crippen molar-refractivity contribution in [3.05, 3.63) is 295 Å². The van der Waals surface area contributed by atoms with Gasteiger partial charge in [0.2, 0.25) is 0 Å². The molecule has 0 N–H and O–H groups in total. The van der Waals surface area contributed by atoms with Crippen LogP contribution in [-0.2, 0) is 0 Å². The van der Waals surface area contributed by atoms with Gasteiger partial charge in [-0.2, -0.15) is 0 Å². The molecule has 0 amide bonds. The van der Waals surface area contributed by atoms with Crippen LogP contribution in [0.2, 0.25) is 0 Å². The topological polar surface area (TPSA) is 14.7 Å². The largest absolute Gasteiger partial charge is 0.313 e. The molecule has 0 radical (unpaired) electrons. The van der Waals surface area contributed by atoms with Crippen LogP contribution in [-0.4, -0.2) is 9.31 Å². The fourth-order valence-corrected chi connectivity index (χ4v) is 13.4. The normalized spacial score (nSPS) is 15.6. The van der Waals surface area contributed by atoms with Crippen LogP contribution in [0.4, 0.5) is 45.5 Å². The maximum Gasteiger partial charge on any atom is 0.0692 e. The van der Waals surface area contributed by atoms with Crippen LogP contribution in [0, 0.1) is 0 Å². The molecule has 2 aliphatic rings. The summed E-state index contributed by atoms with van der Waals surface area (Å²) in [6.07, 6.45) is 2.44. The average Bonchev–Trinajstić information content (AvgIpc) is 3.96. The molecule has 12 aromatic rings.